The predicted molar refractivity (Wildman–Crippen MR) is 125 cm³/mol. The summed E-state index contributed by atoms with van der Waals surface area (Å²) >= 11 is 7.56. The van der Waals surface area contributed by atoms with Crippen LogP contribution in [0.15, 0.2) is 23.6 Å². The molecule has 1 aromatic carbocycles. The van der Waals surface area contributed by atoms with Crippen LogP contribution >= 0.6 is 22.9 Å². The van der Waals surface area contributed by atoms with Crippen molar-refractivity contribution < 1.29 is 9.59 Å². The van der Waals surface area contributed by atoms with Gasteiger partial charge in [0.1, 0.15) is 5.69 Å². The van der Waals surface area contributed by atoms with Gasteiger partial charge < -0.3 is 10.2 Å². The molecular weight excluding hydrogens is 430 g/mol. The van der Waals surface area contributed by atoms with Crippen LogP contribution in [0.25, 0.3) is 0 Å². The number of aryl methyl sites for hydroxylation is 1. The van der Waals surface area contributed by atoms with Crippen LogP contribution in [-0.2, 0) is 11.3 Å². The molecule has 5 nitrogen and oxygen atoms in total. The zero-order valence-electron chi connectivity index (χ0n) is 18.0. The third kappa shape index (κ3) is 5.47. The van der Waals surface area contributed by atoms with Gasteiger partial charge >= 0.3 is 0 Å². The maximum absolute atomic E-state index is 12.8. The number of hydrogen-bond acceptors (Lipinski definition) is 4. The number of benzene rings is 1. The lowest BCUT2D eigenvalue weighted by Crippen LogP contribution is -2.41. The summed E-state index contributed by atoms with van der Waals surface area (Å²) in [6.45, 7) is 4.05. The fourth-order valence-corrected chi connectivity index (χ4v) is 5.86. The molecule has 1 saturated carbocycles. The Labute approximate surface area is 193 Å². The van der Waals surface area contributed by atoms with Crippen molar-refractivity contribution >= 4 is 34.8 Å². The second-order valence-corrected chi connectivity index (χ2v) is 10.1. The first-order valence-corrected chi connectivity index (χ1v) is 12.5. The number of nitrogens with zero attached hydrogens (tertiary/aromatic N) is 2. The van der Waals surface area contributed by atoms with Crippen LogP contribution in [-0.4, -0.2) is 34.8 Å². The van der Waals surface area contributed by atoms with E-state index in [1.807, 2.05) is 30.5 Å². The normalized spacial score (nSPS) is 18.2. The molecule has 1 aromatic heterocycles. The van der Waals surface area contributed by atoms with E-state index in [9.17, 15) is 9.59 Å². The summed E-state index contributed by atoms with van der Waals surface area (Å²) in [7, 11) is 0. The van der Waals surface area contributed by atoms with E-state index >= 15 is 0 Å². The van der Waals surface area contributed by atoms with Gasteiger partial charge in [0.15, 0.2) is 0 Å². The molecule has 2 amide bonds. The van der Waals surface area contributed by atoms with Gasteiger partial charge in [-0.05, 0) is 55.9 Å². The molecule has 7 heteroatoms. The lowest BCUT2D eigenvalue weighted by molar-refractivity contribution is -0.137. The minimum atomic E-state index is -0.151. The Morgan fingerprint density at radius 1 is 1.16 bits per heavy atom. The number of piperidine rings is 1. The Balaban J connectivity index is 1.28. The first-order valence-electron chi connectivity index (χ1n) is 11.3. The van der Waals surface area contributed by atoms with Crippen LogP contribution < -0.4 is 5.32 Å². The lowest BCUT2D eigenvalue weighted by Gasteiger charge is -2.34. The molecule has 1 saturated heterocycles. The molecule has 2 fully saturated rings. The minimum Gasteiger partial charge on any atom is -0.347 e. The molecule has 0 radical (unpaired) electrons. The van der Waals surface area contributed by atoms with Gasteiger partial charge in [-0.15, -0.1) is 11.3 Å². The maximum Gasteiger partial charge on any atom is 0.271 e. The summed E-state index contributed by atoms with van der Waals surface area (Å²) in [5, 5.41) is 6.51. The number of likely N-dealkylation sites (tertiary alicyclic amines) is 1. The van der Waals surface area contributed by atoms with E-state index in [1.54, 1.807) is 11.3 Å². The number of hydrogen-bond donors (Lipinski definition) is 1. The van der Waals surface area contributed by atoms with E-state index in [0.717, 1.165) is 54.9 Å². The van der Waals surface area contributed by atoms with Gasteiger partial charge in [0.25, 0.3) is 5.91 Å². The number of thiazole rings is 1. The number of nitrogens with one attached hydrogen (secondary N) is 1. The van der Waals surface area contributed by atoms with Gasteiger partial charge in [0, 0.05) is 41.9 Å². The van der Waals surface area contributed by atoms with Crippen molar-refractivity contribution in [2.75, 3.05) is 13.1 Å². The fraction of sp³-hybridized carbons (Fsp3) is 0.542. The van der Waals surface area contributed by atoms with Gasteiger partial charge in [-0.3, -0.25) is 9.59 Å². The summed E-state index contributed by atoms with van der Waals surface area (Å²) in [6.07, 6.45) is 7.61. The summed E-state index contributed by atoms with van der Waals surface area (Å²) in [5.74, 6) is 0.779. The molecule has 0 unspecified atom stereocenters. The number of carbonyl (C=O) groups excluding carboxylic acids is 2. The molecule has 0 spiro atoms. The number of carbonyl (C=O) groups is 2. The number of aromatic nitrogens is 1. The average Bonchev–Trinajstić information content (AvgIpc) is 3.29. The summed E-state index contributed by atoms with van der Waals surface area (Å²) in [6, 6.07) is 5.67. The topological polar surface area (TPSA) is 62.3 Å². The zero-order valence-corrected chi connectivity index (χ0v) is 19.6. The largest absolute Gasteiger partial charge is 0.347 e. The Bertz CT molecular complexity index is 931. The average molecular weight is 460 g/mol. The van der Waals surface area contributed by atoms with Gasteiger partial charge in [-0.25, -0.2) is 4.98 Å². The van der Waals surface area contributed by atoms with E-state index in [-0.39, 0.29) is 11.8 Å². The molecule has 1 N–H and O–H groups in total. The SMILES string of the molecule is Cc1cc(Cl)ccc1CNC(=O)c1csc(C2CCN(C(=O)C3CCCCC3)CC2)n1. The molecular formula is C24H30ClN3O2S. The molecule has 2 aliphatic rings. The van der Waals surface area contributed by atoms with Crippen molar-refractivity contribution in [3.05, 3.63) is 50.4 Å². The molecule has 2 aromatic rings. The van der Waals surface area contributed by atoms with E-state index < -0.39 is 0 Å². The van der Waals surface area contributed by atoms with Crippen LogP contribution in [0.5, 0.6) is 0 Å². The Morgan fingerprint density at radius 2 is 1.90 bits per heavy atom. The van der Waals surface area contributed by atoms with Crippen LogP contribution in [0.3, 0.4) is 0 Å². The van der Waals surface area contributed by atoms with Gasteiger partial charge in [0.2, 0.25) is 5.91 Å². The Kier molecular flexibility index (Phi) is 7.28. The highest BCUT2D eigenvalue weighted by Crippen LogP contribution is 2.32. The molecule has 1 aliphatic carbocycles. The first-order chi connectivity index (χ1) is 15.0. The van der Waals surface area contributed by atoms with Crippen LogP contribution in [0.1, 0.15) is 77.5 Å². The zero-order chi connectivity index (χ0) is 21.8. The summed E-state index contributed by atoms with van der Waals surface area (Å²) < 4.78 is 0. The summed E-state index contributed by atoms with van der Waals surface area (Å²) in [5.41, 5.74) is 2.58. The predicted octanol–water partition coefficient (Wildman–Crippen LogP) is 5.32. The monoisotopic (exact) mass is 459 g/mol. The second kappa shape index (κ2) is 10.1. The molecule has 31 heavy (non-hydrogen) atoms. The third-order valence-electron chi connectivity index (χ3n) is 6.61. The van der Waals surface area contributed by atoms with Crippen molar-refractivity contribution in [1.29, 1.82) is 0 Å². The summed E-state index contributed by atoms with van der Waals surface area (Å²) in [4.78, 5) is 32.0. The van der Waals surface area contributed by atoms with Crippen molar-refractivity contribution in [3.8, 4) is 0 Å². The third-order valence-corrected chi connectivity index (χ3v) is 7.85. The lowest BCUT2D eigenvalue weighted by atomic mass is 9.87. The van der Waals surface area contributed by atoms with Crippen molar-refractivity contribution in [1.82, 2.24) is 15.2 Å². The highest BCUT2D eigenvalue weighted by Gasteiger charge is 2.30. The number of halogens is 1. The highest BCUT2D eigenvalue weighted by molar-refractivity contribution is 7.09. The second-order valence-electron chi connectivity index (χ2n) is 8.76. The van der Waals surface area contributed by atoms with E-state index in [4.69, 9.17) is 11.6 Å². The van der Waals surface area contributed by atoms with Crippen LogP contribution in [0.4, 0.5) is 0 Å². The molecule has 0 bridgehead atoms. The molecule has 166 valence electrons. The smallest absolute Gasteiger partial charge is 0.271 e. The Hall–Kier alpha value is -1.92. The molecule has 2 heterocycles. The van der Waals surface area contributed by atoms with Crippen LogP contribution in [0, 0.1) is 12.8 Å². The van der Waals surface area contributed by atoms with E-state index in [2.05, 4.69) is 15.2 Å². The first kappa shape index (κ1) is 22.3. The molecule has 4 rings (SSSR count). The van der Waals surface area contributed by atoms with Crippen molar-refractivity contribution in [3.63, 3.8) is 0 Å². The highest BCUT2D eigenvalue weighted by atomic mass is 35.5. The Morgan fingerprint density at radius 3 is 2.61 bits per heavy atom. The molecule has 0 atom stereocenters. The molecule has 1 aliphatic heterocycles. The fourth-order valence-electron chi connectivity index (χ4n) is 4.66. The van der Waals surface area contributed by atoms with Crippen LogP contribution in [0.2, 0.25) is 5.02 Å². The number of rotatable bonds is 5. The van der Waals surface area contributed by atoms with Gasteiger partial charge in [-0.1, -0.05) is 36.9 Å². The minimum absolute atomic E-state index is 0.151. The standard InChI is InChI=1S/C24H30ClN3O2S/c1-16-13-20(25)8-7-19(16)14-26-22(29)21-15-31-23(27-21)17-9-11-28(12-10-17)24(30)18-5-3-2-4-6-18/h7-8,13,15,17-18H,2-6,9-12,14H2,1H3,(H,26,29). The number of amides is 2. The van der Waals surface area contributed by atoms with E-state index in [1.165, 1.54) is 19.3 Å². The van der Waals surface area contributed by atoms with Gasteiger partial charge in [0.05, 0.1) is 5.01 Å². The quantitative estimate of drug-likeness (QED) is 0.658. The van der Waals surface area contributed by atoms with Gasteiger partial charge in [-0.2, -0.15) is 0 Å². The van der Waals surface area contributed by atoms with Crippen molar-refractivity contribution in [2.24, 2.45) is 5.92 Å². The maximum atomic E-state index is 12.8. The van der Waals surface area contributed by atoms with Crippen molar-refractivity contribution in [2.45, 2.75) is 64.3 Å². The van der Waals surface area contributed by atoms with E-state index in [0.29, 0.717) is 29.1 Å².